The number of rotatable bonds is 4. The van der Waals surface area contributed by atoms with E-state index < -0.39 is 16.4 Å². The number of aliphatic hydroxyl groups excluding tert-OH is 1. The van der Waals surface area contributed by atoms with Crippen LogP contribution in [0.4, 0.5) is 5.69 Å². The van der Waals surface area contributed by atoms with Gasteiger partial charge in [0.1, 0.15) is 5.75 Å². The van der Waals surface area contributed by atoms with Gasteiger partial charge in [0.05, 0.1) is 4.92 Å². The van der Waals surface area contributed by atoms with Crippen LogP contribution in [0.5, 0.6) is 5.75 Å². The largest absolute Gasteiger partial charge is 0.508 e. The Kier molecular flexibility index (Phi) is 5.54. The molecule has 1 aromatic rings. The van der Waals surface area contributed by atoms with Crippen molar-refractivity contribution in [1.82, 2.24) is 0 Å². The van der Waals surface area contributed by atoms with Gasteiger partial charge in [-0.3, -0.25) is 10.1 Å². The summed E-state index contributed by atoms with van der Waals surface area (Å²) in [5, 5.41) is 29.5. The zero-order chi connectivity index (χ0) is 13.2. The van der Waals surface area contributed by atoms with Gasteiger partial charge in [0.15, 0.2) is 0 Å². The number of hydrogen-bond acceptors (Lipinski definition) is 5. The lowest BCUT2D eigenvalue weighted by molar-refractivity contribution is -0.385. The molecule has 0 aliphatic carbocycles. The average Bonchev–Trinajstić information content (AvgIpc) is 2.28. The van der Waals surface area contributed by atoms with Crippen LogP contribution in [-0.4, -0.2) is 21.7 Å². The molecule has 7 heteroatoms. The number of halogens is 1. The van der Waals surface area contributed by atoms with E-state index in [1.807, 2.05) is 0 Å². The number of non-ortho nitro benzene ring substituents is 1. The number of nitro benzene ring substituents is 1. The van der Waals surface area contributed by atoms with E-state index in [0.29, 0.717) is 0 Å². The molecule has 0 saturated carbocycles. The molecule has 0 heterocycles. The molecule has 1 atom stereocenters. The minimum absolute atomic E-state index is 0. The van der Waals surface area contributed by atoms with Gasteiger partial charge in [-0.2, -0.15) is 0 Å². The maximum absolute atomic E-state index is 10.6. The first-order valence-electron chi connectivity index (χ1n) is 5.13. The molecule has 0 amide bonds. The summed E-state index contributed by atoms with van der Waals surface area (Å²) in [4.78, 5) is 10.1. The predicted octanol–water partition coefficient (Wildman–Crippen LogP) is 1.74. The lowest BCUT2D eigenvalue weighted by atomic mass is 9.81. The van der Waals surface area contributed by atoms with E-state index in [1.165, 1.54) is 18.2 Å². The second kappa shape index (κ2) is 5.99. The standard InChI is InChI=1S/C11H16N2O4.ClH/c1-11(2,6-14)10(12)8-5-7(13(16)17)3-4-9(8)15;/h3-5,10,14-15H,6,12H2,1-2H3;1H/t10-;/m1./s1. The molecular weight excluding hydrogens is 260 g/mol. The maximum Gasteiger partial charge on any atom is 0.270 e. The molecule has 0 aromatic heterocycles. The van der Waals surface area contributed by atoms with E-state index in [1.54, 1.807) is 13.8 Å². The summed E-state index contributed by atoms with van der Waals surface area (Å²) in [5.74, 6) is -0.107. The van der Waals surface area contributed by atoms with Gasteiger partial charge in [0, 0.05) is 35.8 Å². The van der Waals surface area contributed by atoms with Gasteiger partial charge in [0.25, 0.3) is 5.69 Å². The molecule has 18 heavy (non-hydrogen) atoms. The molecule has 4 N–H and O–H groups in total. The van der Waals surface area contributed by atoms with Gasteiger partial charge in [-0.15, -0.1) is 12.4 Å². The fraction of sp³-hybridized carbons (Fsp3) is 0.455. The van der Waals surface area contributed by atoms with Crippen LogP contribution >= 0.6 is 12.4 Å². The van der Waals surface area contributed by atoms with Crippen molar-refractivity contribution < 1.29 is 15.1 Å². The Labute approximate surface area is 111 Å². The van der Waals surface area contributed by atoms with Gasteiger partial charge in [0.2, 0.25) is 0 Å². The molecular formula is C11H17ClN2O4. The number of aliphatic hydroxyl groups is 1. The third kappa shape index (κ3) is 3.32. The molecule has 0 bridgehead atoms. The molecule has 0 saturated heterocycles. The Morgan fingerprint density at radius 3 is 2.50 bits per heavy atom. The molecule has 1 rings (SSSR count). The Morgan fingerprint density at radius 2 is 2.06 bits per heavy atom. The Morgan fingerprint density at radius 1 is 1.50 bits per heavy atom. The van der Waals surface area contributed by atoms with Crippen molar-refractivity contribution in [2.45, 2.75) is 19.9 Å². The highest BCUT2D eigenvalue weighted by molar-refractivity contribution is 5.85. The summed E-state index contributed by atoms with van der Waals surface area (Å²) >= 11 is 0. The average molecular weight is 277 g/mol. The van der Waals surface area contributed by atoms with E-state index in [0.717, 1.165) is 0 Å². The zero-order valence-electron chi connectivity index (χ0n) is 10.2. The second-order valence-corrected chi connectivity index (χ2v) is 4.62. The molecule has 0 radical (unpaired) electrons. The Hall–Kier alpha value is -1.37. The SMILES string of the molecule is CC(C)(CO)[C@H](N)c1cc([N+](=O)[O-])ccc1O.Cl. The molecule has 6 nitrogen and oxygen atoms in total. The fourth-order valence-electron chi connectivity index (χ4n) is 1.42. The van der Waals surface area contributed by atoms with E-state index >= 15 is 0 Å². The minimum atomic E-state index is -0.688. The van der Waals surface area contributed by atoms with Crippen LogP contribution in [0.15, 0.2) is 18.2 Å². The summed E-state index contributed by atoms with van der Waals surface area (Å²) in [6.45, 7) is 3.25. The molecule has 0 unspecified atom stereocenters. The number of nitrogens with two attached hydrogens (primary N) is 1. The topological polar surface area (TPSA) is 110 Å². The highest BCUT2D eigenvalue weighted by atomic mass is 35.5. The van der Waals surface area contributed by atoms with Gasteiger partial charge < -0.3 is 15.9 Å². The number of aromatic hydroxyl groups is 1. The number of phenolic OH excluding ortho intramolecular Hbond substituents is 1. The minimum Gasteiger partial charge on any atom is -0.508 e. The fourth-order valence-corrected chi connectivity index (χ4v) is 1.42. The second-order valence-electron chi connectivity index (χ2n) is 4.62. The van der Waals surface area contributed by atoms with Crippen LogP contribution in [0.25, 0.3) is 0 Å². The van der Waals surface area contributed by atoms with E-state index in [4.69, 9.17) is 5.73 Å². The predicted molar refractivity (Wildman–Crippen MR) is 69.8 cm³/mol. The van der Waals surface area contributed by atoms with Gasteiger partial charge in [-0.25, -0.2) is 0 Å². The van der Waals surface area contributed by atoms with Crippen LogP contribution in [0.2, 0.25) is 0 Å². The van der Waals surface area contributed by atoms with Crippen molar-refractivity contribution in [2.75, 3.05) is 6.61 Å². The quantitative estimate of drug-likeness (QED) is 0.573. The third-order valence-electron chi connectivity index (χ3n) is 2.81. The lowest BCUT2D eigenvalue weighted by Crippen LogP contribution is -2.32. The van der Waals surface area contributed by atoms with E-state index in [-0.39, 0.29) is 36.0 Å². The van der Waals surface area contributed by atoms with Crippen LogP contribution in [0.3, 0.4) is 0 Å². The van der Waals surface area contributed by atoms with Crippen molar-refractivity contribution >= 4 is 18.1 Å². The summed E-state index contributed by atoms with van der Waals surface area (Å²) in [6.07, 6.45) is 0. The Balaban J connectivity index is 0.00000289. The first kappa shape index (κ1) is 16.6. The van der Waals surface area contributed by atoms with Crippen molar-refractivity contribution in [2.24, 2.45) is 11.1 Å². The molecule has 0 fully saturated rings. The number of nitro groups is 1. The maximum atomic E-state index is 10.6. The highest BCUT2D eigenvalue weighted by Crippen LogP contribution is 2.36. The number of hydrogen-bond donors (Lipinski definition) is 3. The summed E-state index contributed by atoms with van der Waals surface area (Å²) in [6, 6.07) is 2.99. The molecule has 0 aliphatic heterocycles. The number of nitrogens with zero attached hydrogens (tertiary/aromatic N) is 1. The molecule has 1 aromatic carbocycles. The lowest BCUT2D eigenvalue weighted by Gasteiger charge is -2.29. The summed E-state index contributed by atoms with van der Waals surface area (Å²) < 4.78 is 0. The number of benzene rings is 1. The first-order chi connectivity index (χ1) is 7.79. The highest BCUT2D eigenvalue weighted by Gasteiger charge is 2.30. The van der Waals surface area contributed by atoms with Gasteiger partial charge >= 0.3 is 0 Å². The van der Waals surface area contributed by atoms with Crippen molar-refractivity contribution in [3.8, 4) is 5.75 Å². The first-order valence-corrected chi connectivity index (χ1v) is 5.13. The number of phenols is 1. The van der Waals surface area contributed by atoms with Crippen LogP contribution in [0, 0.1) is 15.5 Å². The zero-order valence-corrected chi connectivity index (χ0v) is 11.0. The van der Waals surface area contributed by atoms with Crippen molar-refractivity contribution in [3.05, 3.63) is 33.9 Å². The van der Waals surface area contributed by atoms with Crippen LogP contribution < -0.4 is 5.73 Å². The molecule has 0 aliphatic rings. The van der Waals surface area contributed by atoms with E-state index in [2.05, 4.69) is 0 Å². The normalized spacial score (nSPS) is 12.7. The molecule has 102 valence electrons. The van der Waals surface area contributed by atoms with Gasteiger partial charge in [-0.05, 0) is 6.07 Å². The van der Waals surface area contributed by atoms with E-state index in [9.17, 15) is 20.3 Å². The molecule has 0 spiro atoms. The van der Waals surface area contributed by atoms with Crippen LogP contribution in [-0.2, 0) is 0 Å². The summed E-state index contributed by atoms with van der Waals surface area (Å²) in [5.41, 5.74) is 5.36. The monoisotopic (exact) mass is 276 g/mol. The summed E-state index contributed by atoms with van der Waals surface area (Å²) in [7, 11) is 0. The third-order valence-corrected chi connectivity index (χ3v) is 2.81. The van der Waals surface area contributed by atoms with Gasteiger partial charge in [-0.1, -0.05) is 13.8 Å². The van der Waals surface area contributed by atoms with Crippen molar-refractivity contribution in [3.63, 3.8) is 0 Å². The van der Waals surface area contributed by atoms with Crippen LogP contribution in [0.1, 0.15) is 25.5 Å². The van der Waals surface area contributed by atoms with Crippen molar-refractivity contribution in [1.29, 1.82) is 0 Å². The smallest absolute Gasteiger partial charge is 0.270 e. The Bertz CT molecular complexity index is 437.